The van der Waals surface area contributed by atoms with Crippen molar-refractivity contribution in [3.63, 3.8) is 0 Å². The van der Waals surface area contributed by atoms with Crippen LogP contribution in [0.5, 0.6) is 0 Å². The fourth-order valence-electron chi connectivity index (χ4n) is 2.37. The van der Waals surface area contributed by atoms with Gasteiger partial charge in [0.1, 0.15) is 0 Å². The Hall–Kier alpha value is -1.50. The van der Waals surface area contributed by atoms with Crippen LogP contribution in [-0.4, -0.2) is 24.0 Å². The number of ketones is 2. The Bertz CT molecular complexity index is 574. The monoisotopic (exact) mass is 411 g/mol. The lowest BCUT2D eigenvalue weighted by Crippen LogP contribution is -2.28. The SMILES string of the molecule is O=C(CCCc1ccc(I)cc1)NCCC1C(=O)C=CC1=O. The largest absolute Gasteiger partial charge is 0.356 e. The van der Waals surface area contributed by atoms with Gasteiger partial charge in [0.25, 0.3) is 0 Å². The van der Waals surface area contributed by atoms with E-state index >= 15 is 0 Å². The second-order valence-electron chi connectivity index (χ2n) is 5.31. The van der Waals surface area contributed by atoms with Crippen molar-refractivity contribution in [2.75, 3.05) is 6.54 Å². The van der Waals surface area contributed by atoms with Crippen LogP contribution in [0.25, 0.3) is 0 Å². The molecule has 116 valence electrons. The standard InChI is InChI=1S/C17H18INO3/c18-13-6-4-12(5-7-13)2-1-3-17(22)19-11-10-14-15(20)8-9-16(14)21/h4-9,14H,1-3,10-11H2,(H,19,22). The highest BCUT2D eigenvalue weighted by atomic mass is 127. The van der Waals surface area contributed by atoms with Gasteiger partial charge in [0, 0.05) is 16.5 Å². The molecule has 1 amide bonds. The van der Waals surface area contributed by atoms with E-state index in [2.05, 4.69) is 52.2 Å². The van der Waals surface area contributed by atoms with Crippen molar-refractivity contribution in [3.05, 3.63) is 45.6 Å². The molecule has 1 aliphatic carbocycles. The lowest BCUT2D eigenvalue weighted by Gasteiger charge is -2.08. The molecule has 0 atom stereocenters. The first-order chi connectivity index (χ1) is 10.6. The Morgan fingerprint density at radius 2 is 1.73 bits per heavy atom. The van der Waals surface area contributed by atoms with Crippen LogP contribution >= 0.6 is 22.6 Å². The predicted molar refractivity (Wildman–Crippen MR) is 92.4 cm³/mol. The fourth-order valence-corrected chi connectivity index (χ4v) is 2.73. The summed E-state index contributed by atoms with van der Waals surface area (Å²) in [6.07, 6.45) is 5.12. The Labute approximate surface area is 143 Å². The molecule has 1 aromatic carbocycles. The lowest BCUT2D eigenvalue weighted by atomic mass is 10.0. The Balaban J connectivity index is 1.61. The van der Waals surface area contributed by atoms with Crippen molar-refractivity contribution in [1.82, 2.24) is 5.32 Å². The Kier molecular flexibility index (Phi) is 6.30. The van der Waals surface area contributed by atoms with Gasteiger partial charge in [-0.1, -0.05) is 12.1 Å². The molecule has 0 saturated carbocycles. The molecule has 0 aromatic heterocycles. The molecule has 0 bridgehead atoms. The first kappa shape index (κ1) is 16.9. The highest BCUT2D eigenvalue weighted by Gasteiger charge is 2.27. The molecular formula is C17H18INO3. The van der Waals surface area contributed by atoms with Crippen LogP contribution in [-0.2, 0) is 20.8 Å². The van der Waals surface area contributed by atoms with Gasteiger partial charge < -0.3 is 5.32 Å². The van der Waals surface area contributed by atoms with Gasteiger partial charge in [-0.3, -0.25) is 14.4 Å². The fraction of sp³-hybridized carbons (Fsp3) is 0.353. The normalized spacial score (nSPS) is 14.6. The van der Waals surface area contributed by atoms with E-state index in [1.54, 1.807) is 0 Å². The van der Waals surface area contributed by atoms with Crippen molar-refractivity contribution in [1.29, 1.82) is 0 Å². The highest BCUT2D eigenvalue weighted by molar-refractivity contribution is 14.1. The number of halogens is 1. The molecule has 4 nitrogen and oxygen atoms in total. The molecule has 2 rings (SSSR count). The average molecular weight is 411 g/mol. The highest BCUT2D eigenvalue weighted by Crippen LogP contribution is 2.14. The van der Waals surface area contributed by atoms with E-state index in [0.717, 1.165) is 12.8 Å². The predicted octanol–water partition coefficient (Wildman–Crippen LogP) is 2.44. The van der Waals surface area contributed by atoms with Gasteiger partial charge in [0.15, 0.2) is 11.6 Å². The Morgan fingerprint density at radius 1 is 1.09 bits per heavy atom. The first-order valence-electron chi connectivity index (χ1n) is 7.33. The third-order valence-corrected chi connectivity index (χ3v) is 4.36. The maximum absolute atomic E-state index is 11.7. The summed E-state index contributed by atoms with van der Waals surface area (Å²) in [5, 5.41) is 2.77. The number of amides is 1. The number of aryl methyl sites for hydroxylation is 1. The van der Waals surface area contributed by atoms with Crippen LogP contribution in [0.1, 0.15) is 24.8 Å². The van der Waals surface area contributed by atoms with Crippen molar-refractivity contribution in [2.24, 2.45) is 5.92 Å². The quantitative estimate of drug-likeness (QED) is 0.554. The summed E-state index contributed by atoms with van der Waals surface area (Å²) < 4.78 is 1.20. The minimum atomic E-state index is -0.591. The van der Waals surface area contributed by atoms with Gasteiger partial charge >= 0.3 is 0 Å². The molecule has 1 aliphatic rings. The van der Waals surface area contributed by atoms with Gasteiger partial charge in [-0.25, -0.2) is 0 Å². The van der Waals surface area contributed by atoms with E-state index in [9.17, 15) is 14.4 Å². The number of rotatable bonds is 7. The number of allylic oxidation sites excluding steroid dienone is 2. The average Bonchev–Trinajstić information content (AvgIpc) is 2.81. The molecule has 0 saturated heterocycles. The summed E-state index contributed by atoms with van der Waals surface area (Å²) >= 11 is 2.26. The van der Waals surface area contributed by atoms with E-state index in [1.165, 1.54) is 21.3 Å². The smallest absolute Gasteiger partial charge is 0.220 e. The lowest BCUT2D eigenvalue weighted by molar-refractivity contribution is -0.127. The summed E-state index contributed by atoms with van der Waals surface area (Å²) in [6, 6.07) is 8.26. The molecule has 0 unspecified atom stereocenters. The van der Waals surface area contributed by atoms with Gasteiger partial charge in [-0.15, -0.1) is 0 Å². The van der Waals surface area contributed by atoms with E-state index in [-0.39, 0.29) is 17.5 Å². The van der Waals surface area contributed by atoms with Crippen molar-refractivity contribution < 1.29 is 14.4 Å². The zero-order valence-electron chi connectivity index (χ0n) is 12.2. The molecular weight excluding hydrogens is 393 g/mol. The van der Waals surface area contributed by atoms with Crippen LogP contribution in [0.2, 0.25) is 0 Å². The molecule has 0 heterocycles. The summed E-state index contributed by atoms with van der Waals surface area (Å²) in [5.41, 5.74) is 1.22. The summed E-state index contributed by atoms with van der Waals surface area (Å²) in [6.45, 7) is 0.367. The number of hydrogen-bond acceptors (Lipinski definition) is 3. The second-order valence-corrected chi connectivity index (χ2v) is 6.55. The van der Waals surface area contributed by atoms with E-state index < -0.39 is 5.92 Å². The van der Waals surface area contributed by atoms with E-state index in [0.29, 0.717) is 19.4 Å². The van der Waals surface area contributed by atoms with Crippen molar-refractivity contribution in [2.45, 2.75) is 25.7 Å². The third kappa shape index (κ3) is 5.05. The van der Waals surface area contributed by atoms with Crippen LogP contribution in [0.15, 0.2) is 36.4 Å². The van der Waals surface area contributed by atoms with E-state index in [1.807, 2.05) is 0 Å². The molecule has 0 spiro atoms. The number of carbonyl (C=O) groups is 3. The van der Waals surface area contributed by atoms with Gasteiger partial charge in [-0.2, -0.15) is 0 Å². The Morgan fingerprint density at radius 3 is 2.36 bits per heavy atom. The van der Waals surface area contributed by atoms with Gasteiger partial charge in [0.2, 0.25) is 5.91 Å². The van der Waals surface area contributed by atoms with Crippen LogP contribution in [0.3, 0.4) is 0 Å². The molecule has 1 N–H and O–H groups in total. The van der Waals surface area contributed by atoms with Crippen LogP contribution < -0.4 is 5.32 Å². The van der Waals surface area contributed by atoms with Crippen molar-refractivity contribution in [3.8, 4) is 0 Å². The third-order valence-electron chi connectivity index (χ3n) is 3.64. The topological polar surface area (TPSA) is 63.2 Å². The first-order valence-corrected chi connectivity index (χ1v) is 8.41. The number of nitrogens with one attached hydrogen (secondary N) is 1. The molecule has 1 aromatic rings. The summed E-state index contributed by atoms with van der Waals surface area (Å²) in [4.78, 5) is 34.5. The molecule has 0 radical (unpaired) electrons. The van der Waals surface area contributed by atoms with E-state index in [4.69, 9.17) is 0 Å². The maximum Gasteiger partial charge on any atom is 0.220 e. The van der Waals surface area contributed by atoms with Gasteiger partial charge in [-0.05, 0) is 71.7 Å². The van der Waals surface area contributed by atoms with Crippen molar-refractivity contribution >= 4 is 40.1 Å². The zero-order chi connectivity index (χ0) is 15.9. The van der Waals surface area contributed by atoms with Gasteiger partial charge in [0.05, 0.1) is 5.92 Å². The summed E-state index contributed by atoms with van der Waals surface area (Å²) in [7, 11) is 0. The molecule has 5 heteroatoms. The number of hydrogen-bond donors (Lipinski definition) is 1. The second kappa shape index (κ2) is 8.22. The summed E-state index contributed by atoms with van der Waals surface area (Å²) in [5.74, 6) is -0.931. The molecule has 0 aliphatic heterocycles. The molecule has 22 heavy (non-hydrogen) atoms. The van der Waals surface area contributed by atoms with Crippen LogP contribution in [0.4, 0.5) is 0 Å². The number of benzene rings is 1. The maximum atomic E-state index is 11.7. The molecule has 0 fully saturated rings. The number of carbonyl (C=O) groups excluding carboxylic acids is 3. The minimum Gasteiger partial charge on any atom is -0.356 e. The minimum absolute atomic E-state index is 0.0311. The van der Waals surface area contributed by atoms with Crippen LogP contribution in [0, 0.1) is 9.49 Å². The zero-order valence-corrected chi connectivity index (χ0v) is 14.3.